The van der Waals surface area contributed by atoms with Crippen LogP contribution in [-0.2, 0) is 13.1 Å². The van der Waals surface area contributed by atoms with E-state index in [0.717, 1.165) is 23.5 Å². The van der Waals surface area contributed by atoms with Crippen LogP contribution < -0.4 is 5.73 Å². The van der Waals surface area contributed by atoms with E-state index in [1.807, 2.05) is 18.3 Å². The first-order valence-corrected chi connectivity index (χ1v) is 7.36. The molecule has 3 nitrogen and oxygen atoms in total. The van der Waals surface area contributed by atoms with Crippen LogP contribution in [0.1, 0.15) is 31.2 Å². The Labute approximate surface area is 135 Å². The lowest BCUT2D eigenvalue weighted by atomic mass is 10.0. The van der Waals surface area contributed by atoms with Crippen molar-refractivity contribution in [2.75, 3.05) is 5.73 Å². The van der Waals surface area contributed by atoms with Crippen LogP contribution >= 0.6 is 23.7 Å². The van der Waals surface area contributed by atoms with Crippen LogP contribution in [0, 0.1) is 5.82 Å². The molecule has 0 amide bonds. The molecule has 1 aromatic heterocycles. The number of nitrogen functional groups attached to an aromatic ring is 1. The number of halogens is 2. The maximum Gasteiger partial charge on any atom is 0.180 e. The summed E-state index contributed by atoms with van der Waals surface area (Å²) in [7, 11) is 0. The molecule has 0 radical (unpaired) electrons. The van der Waals surface area contributed by atoms with Crippen LogP contribution in [0.5, 0.6) is 0 Å². The van der Waals surface area contributed by atoms with Gasteiger partial charge in [0, 0.05) is 29.7 Å². The average Bonchev–Trinajstić information content (AvgIpc) is 2.76. The molecule has 1 heterocycles. The molecule has 0 unspecified atom stereocenters. The highest BCUT2D eigenvalue weighted by Gasteiger charge is 2.22. The van der Waals surface area contributed by atoms with Crippen molar-refractivity contribution in [3.63, 3.8) is 0 Å². The van der Waals surface area contributed by atoms with Crippen LogP contribution in [0.3, 0.4) is 0 Å². The lowest BCUT2D eigenvalue weighted by Crippen LogP contribution is -2.40. The molecular weight excluding hydrogens is 309 g/mol. The second-order valence-electron chi connectivity index (χ2n) is 5.82. The van der Waals surface area contributed by atoms with Gasteiger partial charge in [-0.05, 0) is 38.5 Å². The van der Waals surface area contributed by atoms with Gasteiger partial charge in [-0.2, -0.15) is 0 Å². The van der Waals surface area contributed by atoms with Crippen molar-refractivity contribution in [2.24, 2.45) is 0 Å². The Bertz CT molecular complexity index is 563. The van der Waals surface area contributed by atoms with Gasteiger partial charge in [0.05, 0.1) is 0 Å². The Hall–Kier alpha value is -1.17. The highest BCUT2D eigenvalue weighted by molar-refractivity contribution is 7.15. The molecule has 0 fully saturated rings. The quantitative estimate of drug-likeness (QED) is 0.918. The number of thiazole rings is 1. The fourth-order valence-corrected chi connectivity index (χ4v) is 2.62. The van der Waals surface area contributed by atoms with E-state index in [9.17, 15) is 4.39 Å². The SMILES string of the molecule is CC(C)(C)N(Cc1ccc(F)cc1)Cc1cnc(N)s1.Cl. The zero-order valence-corrected chi connectivity index (χ0v) is 14.1. The molecule has 2 aromatic rings. The van der Waals surface area contributed by atoms with Crippen molar-refractivity contribution >= 4 is 28.9 Å². The van der Waals surface area contributed by atoms with E-state index in [2.05, 4.69) is 30.7 Å². The molecule has 2 N–H and O–H groups in total. The van der Waals surface area contributed by atoms with Gasteiger partial charge in [-0.25, -0.2) is 9.37 Å². The van der Waals surface area contributed by atoms with Crippen molar-refractivity contribution in [1.82, 2.24) is 9.88 Å². The summed E-state index contributed by atoms with van der Waals surface area (Å²) in [5, 5.41) is 0.593. The normalized spacial score (nSPS) is 11.5. The second kappa shape index (κ2) is 7.20. The van der Waals surface area contributed by atoms with Gasteiger partial charge in [0.25, 0.3) is 0 Å². The van der Waals surface area contributed by atoms with Gasteiger partial charge in [0.15, 0.2) is 5.13 Å². The number of rotatable bonds is 4. The molecule has 0 aliphatic rings. The molecule has 0 aliphatic carbocycles. The minimum absolute atomic E-state index is 0. The number of nitrogens with zero attached hydrogens (tertiary/aromatic N) is 2. The molecule has 0 saturated carbocycles. The van der Waals surface area contributed by atoms with E-state index in [0.29, 0.717) is 5.13 Å². The molecule has 0 aliphatic heterocycles. The highest BCUT2D eigenvalue weighted by atomic mass is 35.5. The lowest BCUT2D eigenvalue weighted by Gasteiger charge is -2.35. The van der Waals surface area contributed by atoms with Gasteiger partial charge in [-0.3, -0.25) is 4.90 Å². The average molecular weight is 330 g/mol. The Morgan fingerprint density at radius 1 is 1.19 bits per heavy atom. The number of nitrogens with two attached hydrogens (primary N) is 1. The zero-order chi connectivity index (χ0) is 14.8. The van der Waals surface area contributed by atoms with Gasteiger partial charge in [-0.15, -0.1) is 23.7 Å². The monoisotopic (exact) mass is 329 g/mol. The Morgan fingerprint density at radius 2 is 1.81 bits per heavy atom. The second-order valence-corrected chi connectivity index (χ2v) is 6.96. The summed E-state index contributed by atoms with van der Waals surface area (Å²) in [5.41, 5.74) is 6.78. The summed E-state index contributed by atoms with van der Waals surface area (Å²) in [6, 6.07) is 6.66. The molecule has 1 aromatic carbocycles. The third kappa shape index (κ3) is 5.26. The van der Waals surface area contributed by atoms with E-state index in [4.69, 9.17) is 5.73 Å². The van der Waals surface area contributed by atoms with Crippen molar-refractivity contribution in [2.45, 2.75) is 39.4 Å². The first kappa shape index (κ1) is 17.9. The summed E-state index contributed by atoms with van der Waals surface area (Å²) in [6.45, 7) is 8.06. The molecule has 2 rings (SSSR count). The lowest BCUT2D eigenvalue weighted by molar-refractivity contribution is 0.120. The molecule has 0 atom stereocenters. The van der Waals surface area contributed by atoms with Crippen LogP contribution in [0.25, 0.3) is 0 Å². The van der Waals surface area contributed by atoms with Gasteiger partial charge in [0.2, 0.25) is 0 Å². The molecule has 116 valence electrons. The predicted molar refractivity (Wildman–Crippen MR) is 89.2 cm³/mol. The fraction of sp³-hybridized carbons (Fsp3) is 0.400. The van der Waals surface area contributed by atoms with E-state index < -0.39 is 0 Å². The fourth-order valence-electron chi connectivity index (χ4n) is 1.92. The van der Waals surface area contributed by atoms with Crippen molar-refractivity contribution in [3.8, 4) is 0 Å². The molecule has 0 bridgehead atoms. The number of hydrogen-bond acceptors (Lipinski definition) is 4. The van der Waals surface area contributed by atoms with Crippen LogP contribution in [0.2, 0.25) is 0 Å². The first-order chi connectivity index (χ1) is 9.34. The minimum Gasteiger partial charge on any atom is -0.375 e. The Balaban J connectivity index is 0.00000220. The van der Waals surface area contributed by atoms with Gasteiger partial charge >= 0.3 is 0 Å². The van der Waals surface area contributed by atoms with Crippen molar-refractivity contribution in [1.29, 1.82) is 0 Å². The van der Waals surface area contributed by atoms with Crippen LogP contribution in [-0.4, -0.2) is 15.4 Å². The number of hydrogen-bond donors (Lipinski definition) is 1. The summed E-state index contributed by atoms with van der Waals surface area (Å²) in [6.07, 6.45) is 1.82. The van der Waals surface area contributed by atoms with Crippen LogP contribution in [0.15, 0.2) is 30.5 Å². The largest absolute Gasteiger partial charge is 0.375 e. The summed E-state index contributed by atoms with van der Waals surface area (Å²) in [4.78, 5) is 7.56. The van der Waals surface area contributed by atoms with Gasteiger partial charge in [-0.1, -0.05) is 12.1 Å². The molecule has 6 heteroatoms. The topological polar surface area (TPSA) is 42.2 Å². The van der Waals surface area contributed by atoms with Crippen LogP contribution in [0.4, 0.5) is 9.52 Å². The van der Waals surface area contributed by atoms with E-state index >= 15 is 0 Å². The number of anilines is 1. The van der Waals surface area contributed by atoms with Gasteiger partial charge in [0.1, 0.15) is 5.82 Å². The summed E-state index contributed by atoms with van der Waals surface area (Å²) in [5.74, 6) is -0.203. The highest BCUT2D eigenvalue weighted by Crippen LogP contribution is 2.24. The molecule has 0 saturated heterocycles. The van der Waals surface area contributed by atoms with Gasteiger partial charge < -0.3 is 5.73 Å². The Morgan fingerprint density at radius 3 is 2.29 bits per heavy atom. The standard InChI is InChI=1S/C15H20FN3S.ClH/c1-15(2,3)19(10-13-8-18-14(17)20-13)9-11-4-6-12(16)7-5-11;/h4-8H,9-10H2,1-3H3,(H2,17,18);1H. The predicted octanol–water partition coefficient (Wildman–Crippen LogP) is 4.09. The zero-order valence-electron chi connectivity index (χ0n) is 12.5. The number of benzene rings is 1. The summed E-state index contributed by atoms with van der Waals surface area (Å²) >= 11 is 1.51. The third-order valence-electron chi connectivity index (χ3n) is 3.15. The van der Waals surface area contributed by atoms with Crippen molar-refractivity contribution in [3.05, 3.63) is 46.7 Å². The Kier molecular flexibility index (Phi) is 6.13. The molecular formula is C15H21ClFN3S. The van der Waals surface area contributed by atoms with E-state index in [1.165, 1.54) is 23.5 Å². The van der Waals surface area contributed by atoms with E-state index in [1.54, 1.807) is 0 Å². The minimum atomic E-state index is -0.203. The first-order valence-electron chi connectivity index (χ1n) is 6.54. The summed E-state index contributed by atoms with van der Waals surface area (Å²) < 4.78 is 13.0. The van der Waals surface area contributed by atoms with E-state index in [-0.39, 0.29) is 23.8 Å². The molecule has 0 spiro atoms. The maximum atomic E-state index is 13.0. The third-order valence-corrected chi connectivity index (χ3v) is 3.96. The number of aromatic nitrogens is 1. The molecule has 21 heavy (non-hydrogen) atoms. The van der Waals surface area contributed by atoms with Crippen molar-refractivity contribution < 1.29 is 4.39 Å². The maximum absolute atomic E-state index is 13.0. The smallest absolute Gasteiger partial charge is 0.180 e.